The van der Waals surface area contributed by atoms with Gasteiger partial charge in [-0.1, -0.05) is 60.7 Å². The SMILES string of the molecule is c1ccc(-c2nc3c4nsnc4c4nsnc4c3nc2-c2ccccc2)cc1. The Labute approximate surface area is 167 Å². The van der Waals surface area contributed by atoms with Gasteiger partial charge in [0, 0.05) is 11.1 Å². The van der Waals surface area contributed by atoms with Crippen LogP contribution in [0.3, 0.4) is 0 Å². The summed E-state index contributed by atoms with van der Waals surface area (Å²) in [4.78, 5) is 10.1. The van der Waals surface area contributed by atoms with Crippen molar-refractivity contribution < 1.29 is 0 Å². The molecule has 0 aliphatic rings. The summed E-state index contributed by atoms with van der Waals surface area (Å²) in [7, 11) is 0. The second kappa shape index (κ2) is 6.08. The third kappa shape index (κ3) is 2.25. The molecule has 0 aliphatic heterocycles. The van der Waals surface area contributed by atoms with Crippen LogP contribution in [0.2, 0.25) is 0 Å². The van der Waals surface area contributed by atoms with Crippen molar-refractivity contribution in [2.45, 2.75) is 0 Å². The molecule has 0 radical (unpaired) electrons. The molecule has 0 amide bonds. The molecule has 6 rings (SSSR count). The Bertz CT molecular complexity index is 1350. The molecule has 0 N–H and O–H groups in total. The first-order chi connectivity index (χ1) is 13.9. The normalized spacial score (nSPS) is 11.6. The monoisotopic (exact) mass is 398 g/mol. The lowest BCUT2D eigenvalue weighted by molar-refractivity contribution is 1.30. The van der Waals surface area contributed by atoms with Crippen molar-refractivity contribution in [3.63, 3.8) is 0 Å². The van der Waals surface area contributed by atoms with Crippen molar-refractivity contribution in [3.8, 4) is 22.5 Å². The van der Waals surface area contributed by atoms with E-state index in [-0.39, 0.29) is 0 Å². The highest BCUT2D eigenvalue weighted by Gasteiger charge is 2.21. The molecule has 132 valence electrons. The van der Waals surface area contributed by atoms with Crippen LogP contribution in [0.1, 0.15) is 0 Å². The van der Waals surface area contributed by atoms with Gasteiger partial charge in [-0.15, -0.1) is 0 Å². The highest BCUT2D eigenvalue weighted by atomic mass is 32.1. The average molecular weight is 398 g/mol. The number of nitrogens with zero attached hydrogens (tertiary/aromatic N) is 6. The third-order valence-electron chi connectivity index (χ3n) is 4.64. The van der Waals surface area contributed by atoms with E-state index >= 15 is 0 Å². The summed E-state index contributed by atoms with van der Waals surface area (Å²) in [5, 5.41) is 0. The molecule has 0 fully saturated rings. The highest BCUT2D eigenvalue weighted by Crippen LogP contribution is 2.36. The van der Waals surface area contributed by atoms with Crippen LogP contribution < -0.4 is 0 Å². The third-order valence-corrected chi connectivity index (χ3v) is 5.70. The maximum absolute atomic E-state index is 5.03. The van der Waals surface area contributed by atoms with Gasteiger partial charge in [-0.3, -0.25) is 0 Å². The Morgan fingerprint density at radius 2 is 0.786 bits per heavy atom. The Morgan fingerprint density at radius 3 is 1.18 bits per heavy atom. The van der Waals surface area contributed by atoms with E-state index in [1.165, 1.54) is 0 Å². The van der Waals surface area contributed by atoms with Crippen LogP contribution in [0.5, 0.6) is 0 Å². The quantitative estimate of drug-likeness (QED) is 0.410. The number of fused-ring (bicyclic) bond motifs is 6. The van der Waals surface area contributed by atoms with Gasteiger partial charge in [0.25, 0.3) is 0 Å². The number of rotatable bonds is 2. The maximum Gasteiger partial charge on any atom is 0.136 e. The predicted octanol–water partition coefficient (Wildman–Crippen LogP) is 4.97. The fourth-order valence-corrected chi connectivity index (χ4v) is 4.46. The zero-order valence-electron chi connectivity index (χ0n) is 14.3. The average Bonchev–Trinajstić information content (AvgIpc) is 3.44. The summed E-state index contributed by atoms with van der Waals surface area (Å²) in [6, 6.07) is 20.2. The fourth-order valence-electron chi connectivity index (χ4n) is 3.36. The van der Waals surface area contributed by atoms with Gasteiger partial charge in [-0.05, 0) is 0 Å². The van der Waals surface area contributed by atoms with E-state index in [1.807, 2.05) is 60.7 Å². The van der Waals surface area contributed by atoms with Gasteiger partial charge in [0.2, 0.25) is 0 Å². The van der Waals surface area contributed by atoms with E-state index < -0.39 is 0 Å². The summed E-state index contributed by atoms with van der Waals surface area (Å²) in [5.74, 6) is 0. The largest absolute Gasteiger partial charge is 0.241 e. The smallest absolute Gasteiger partial charge is 0.136 e. The molecule has 8 heteroatoms. The van der Waals surface area contributed by atoms with Gasteiger partial charge in [-0.2, -0.15) is 17.5 Å². The van der Waals surface area contributed by atoms with E-state index in [2.05, 4.69) is 17.5 Å². The van der Waals surface area contributed by atoms with Crippen molar-refractivity contribution in [1.82, 2.24) is 27.5 Å². The molecule has 0 atom stereocenters. The summed E-state index contributed by atoms with van der Waals surface area (Å²) in [6.45, 7) is 0. The Balaban J connectivity index is 1.82. The molecule has 0 spiro atoms. The molecule has 0 saturated heterocycles. The zero-order valence-corrected chi connectivity index (χ0v) is 15.9. The van der Waals surface area contributed by atoms with E-state index in [1.54, 1.807) is 0 Å². The van der Waals surface area contributed by atoms with Crippen LogP contribution in [0.4, 0.5) is 0 Å². The fraction of sp³-hybridized carbons (Fsp3) is 0. The number of aromatic nitrogens is 6. The van der Waals surface area contributed by atoms with E-state index in [0.717, 1.165) is 68.0 Å². The summed E-state index contributed by atoms with van der Waals surface area (Å²) in [6.07, 6.45) is 0. The summed E-state index contributed by atoms with van der Waals surface area (Å²) < 4.78 is 17.8. The van der Waals surface area contributed by atoms with E-state index in [4.69, 9.17) is 9.97 Å². The minimum Gasteiger partial charge on any atom is -0.241 e. The minimum absolute atomic E-state index is 0.711. The van der Waals surface area contributed by atoms with Crippen LogP contribution in [-0.4, -0.2) is 27.5 Å². The van der Waals surface area contributed by atoms with Gasteiger partial charge in [0.1, 0.15) is 33.1 Å². The lowest BCUT2D eigenvalue weighted by Crippen LogP contribution is -1.97. The molecule has 3 heterocycles. The first-order valence-electron chi connectivity index (χ1n) is 8.59. The number of hydrogen-bond acceptors (Lipinski definition) is 8. The molecular formula is C20H10N6S2. The molecule has 0 bridgehead atoms. The standard InChI is InChI=1S/C20H10N6S2/c1-3-7-11(8-4-1)13-14(12-9-5-2-6-10-12)22-16-15(21-13)17-19(25-27-23-17)20-18(16)24-28-26-20/h1-10H. The lowest BCUT2D eigenvalue weighted by Gasteiger charge is -2.11. The van der Waals surface area contributed by atoms with E-state index in [0.29, 0.717) is 11.0 Å². The van der Waals surface area contributed by atoms with Gasteiger partial charge in [0.05, 0.1) is 34.8 Å². The molecule has 3 aromatic carbocycles. The predicted molar refractivity (Wildman–Crippen MR) is 112 cm³/mol. The maximum atomic E-state index is 5.03. The molecule has 0 aliphatic carbocycles. The molecule has 6 aromatic rings. The van der Waals surface area contributed by atoms with Crippen LogP contribution >= 0.6 is 23.5 Å². The highest BCUT2D eigenvalue weighted by molar-refractivity contribution is 7.01. The second-order valence-electron chi connectivity index (χ2n) is 6.27. The zero-order chi connectivity index (χ0) is 18.5. The first kappa shape index (κ1) is 15.7. The van der Waals surface area contributed by atoms with Crippen molar-refractivity contribution in [2.24, 2.45) is 0 Å². The van der Waals surface area contributed by atoms with Gasteiger partial charge in [0.15, 0.2) is 0 Å². The summed E-state index contributed by atoms with van der Waals surface area (Å²) in [5.41, 5.74) is 7.99. The second-order valence-corrected chi connectivity index (χ2v) is 7.33. The number of benzene rings is 3. The molecule has 28 heavy (non-hydrogen) atoms. The van der Waals surface area contributed by atoms with E-state index in [9.17, 15) is 0 Å². The van der Waals surface area contributed by atoms with Crippen LogP contribution in [-0.2, 0) is 0 Å². The Hall–Kier alpha value is -3.36. The van der Waals surface area contributed by atoms with Crippen LogP contribution in [0.25, 0.3) is 55.6 Å². The van der Waals surface area contributed by atoms with Crippen molar-refractivity contribution >= 4 is 56.6 Å². The van der Waals surface area contributed by atoms with Crippen molar-refractivity contribution in [3.05, 3.63) is 60.7 Å². The Kier molecular flexibility index (Phi) is 3.40. The molecule has 3 aromatic heterocycles. The van der Waals surface area contributed by atoms with Crippen molar-refractivity contribution in [2.75, 3.05) is 0 Å². The van der Waals surface area contributed by atoms with Gasteiger partial charge in [-0.25, -0.2) is 9.97 Å². The van der Waals surface area contributed by atoms with Crippen LogP contribution in [0.15, 0.2) is 60.7 Å². The first-order valence-corrected chi connectivity index (χ1v) is 10.1. The minimum atomic E-state index is 0.711. The summed E-state index contributed by atoms with van der Waals surface area (Å²) >= 11 is 2.31. The molecule has 0 saturated carbocycles. The molecular weight excluding hydrogens is 388 g/mol. The van der Waals surface area contributed by atoms with Crippen molar-refractivity contribution in [1.29, 1.82) is 0 Å². The number of hydrogen-bond donors (Lipinski definition) is 0. The van der Waals surface area contributed by atoms with Crippen LogP contribution in [0, 0.1) is 0 Å². The topological polar surface area (TPSA) is 77.3 Å². The molecule has 0 unspecified atom stereocenters. The van der Waals surface area contributed by atoms with Gasteiger partial charge >= 0.3 is 0 Å². The lowest BCUT2D eigenvalue weighted by atomic mass is 10.0. The van der Waals surface area contributed by atoms with Gasteiger partial charge < -0.3 is 0 Å². The Morgan fingerprint density at radius 1 is 0.429 bits per heavy atom. The molecule has 6 nitrogen and oxygen atoms in total.